The summed E-state index contributed by atoms with van der Waals surface area (Å²) >= 11 is 4.90. The number of nitrogens with one attached hydrogen (secondary N) is 1. The summed E-state index contributed by atoms with van der Waals surface area (Å²) in [5.74, 6) is 0.0913. The van der Waals surface area contributed by atoms with Gasteiger partial charge in [0.15, 0.2) is 11.6 Å². The van der Waals surface area contributed by atoms with Gasteiger partial charge in [-0.05, 0) is 44.9 Å². The van der Waals surface area contributed by atoms with E-state index in [0.29, 0.717) is 11.3 Å². The Balaban J connectivity index is 2.46. The van der Waals surface area contributed by atoms with Gasteiger partial charge in [0.2, 0.25) is 0 Å². The van der Waals surface area contributed by atoms with Crippen molar-refractivity contribution in [3.05, 3.63) is 58.9 Å². The van der Waals surface area contributed by atoms with Crippen molar-refractivity contribution in [2.24, 2.45) is 5.92 Å². The van der Waals surface area contributed by atoms with Crippen molar-refractivity contribution >= 4 is 23.0 Å². The van der Waals surface area contributed by atoms with Gasteiger partial charge in [-0.25, -0.2) is 4.39 Å². The van der Waals surface area contributed by atoms with E-state index in [1.54, 1.807) is 24.3 Å². The van der Waals surface area contributed by atoms with E-state index in [9.17, 15) is 4.55 Å². The normalized spacial score (nSPS) is 14.2. The van der Waals surface area contributed by atoms with E-state index in [0.717, 1.165) is 12.8 Å². The molecule has 0 spiro atoms. The van der Waals surface area contributed by atoms with Crippen LogP contribution in [0, 0.1) is 11.7 Å². The van der Waals surface area contributed by atoms with Gasteiger partial charge in [0.1, 0.15) is 10.5 Å². The summed E-state index contributed by atoms with van der Waals surface area (Å²) in [6.07, 6.45) is 1.65. The van der Waals surface area contributed by atoms with Crippen LogP contribution in [0.5, 0.6) is 11.5 Å². The van der Waals surface area contributed by atoms with E-state index in [1.807, 2.05) is 39.0 Å². The lowest BCUT2D eigenvalue weighted by Gasteiger charge is -2.32. The average Bonchev–Trinajstić information content (AvgIpc) is 2.65. The topological polar surface area (TPSA) is 44.3 Å². The highest BCUT2D eigenvalue weighted by Gasteiger charge is 2.34. The second-order valence-corrected chi connectivity index (χ2v) is 10.2. The van der Waals surface area contributed by atoms with Gasteiger partial charge in [0, 0.05) is 16.9 Å². The molecule has 1 N–H and O–H groups in total. The minimum Gasteiger partial charge on any atom is -0.598 e. The number of benzene rings is 2. The van der Waals surface area contributed by atoms with E-state index in [1.165, 1.54) is 0 Å². The highest BCUT2D eigenvalue weighted by molar-refractivity contribution is 7.90. The highest BCUT2D eigenvalue weighted by atomic mass is 35.5. The standard InChI is InChI=1S/C22H29ClFNO2S/c1-6-15(7-2)20(25-28(26)22(3,4)5)17-13-14-18(23)21(19(17)24)27-16-11-9-8-10-12-16/h8-15,20,25H,6-7H2,1-5H3/t20-,28?/m0/s1. The van der Waals surface area contributed by atoms with Crippen molar-refractivity contribution in [1.29, 1.82) is 0 Å². The summed E-state index contributed by atoms with van der Waals surface area (Å²) in [7, 11) is 0. The molecule has 0 aliphatic carbocycles. The molecule has 6 heteroatoms. The number of para-hydroxylation sites is 1. The van der Waals surface area contributed by atoms with Gasteiger partial charge in [-0.15, -0.1) is 4.72 Å². The summed E-state index contributed by atoms with van der Waals surface area (Å²) < 4.78 is 36.7. The highest BCUT2D eigenvalue weighted by Crippen LogP contribution is 2.39. The molecule has 0 bridgehead atoms. The molecular formula is C22H29ClFNO2S. The van der Waals surface area contributed by atoms with Crippen LogP contribution < -0.4 is 9.46 Å². The number of rotatable bonds is 8. The van der Waals surface area contributed by atoms with Crippen LogP contribution in [-0.4, -0.2) is 9.30 Å². The molecule has 2 atom stereocenters. The molecule has 1 unspecified atom stereocenters. The van der Waals surface area contributed by atoms with E-state index in [4.69, 9.17) is 16.3 Å². The number of hydrogen-bond donors (Lipinski definition) is 1. The largest absolute Gasteiger partial charge is 0.598 e. The van der Waals surface area contributed by atoms with Crippen LogP contribution >= 0.6 is 11.6 Å². The first kappa shape index (κ1) is 23.0. The lowest BCUT2D eigenvalue weighted by molar-refractivity contribution is 0.358. The lowest BCUT2D eigenvalue weighted by atomic mass is 9.89. The molecule has 0 aliphatic heterocycles. The molecule has 0 fully saturated rings. The third kappa shape index (κ3) is 5.63. The van der Waals surface area contributed by atoms with Crippen molar-refractivity contribution in [2.75, 3.05) is 0 Å². The maximum absolute atomic E-state index is 15.5. The fourth-order valence-electron chi connectivity index (χ4n) is 2.95. The number of hydrogen-bond acceptors (Lipinski definition) is 3. The third-order valence-electron chi connectivity index (χ3n) is 4.69. The Morgan fingerprint density at radius 2 is 1.71 bits per heavy atom. The van der Waals surface area contributed by atoms with Crippen molar-refractivity contribution in [3.8, 4) is 11.5 Å². The van der Waals surface area contributed by atoms with Crippen molar-refractivity contribution in [1.82, 2.24) is 4.72 Å². The monoisotopic (exact) mass is 425 g/mol. The SMILES string of the molecule is CCC(CC)[C@H](N[S+]([O-])C(C)(C)C)c1ccc(Cl)c(Oc2ccccc2)c1F. The van der Waals surface area contributed by atoms with Crippen LogP contribution in [0.25, 0.3) is 0 Å². The molecule has 0 amide bonds. The first-order chi connectivity index (χ1) is 13.2. The smallest absolute Gasteiger partial charge is 0.181 e. The summed E-state index contributed by atoms with van der Waals surface area (Å²) in [4.78, 5) is 0. The molecule has 0 saturated carbocycles. The first-order valence-corrected chi connectivity index (χ1v) is 11.1. The predicted octanol–water partition coefficient (Wildman–Crippen LogP) is 6.80. The molecule has 2 rings (SSSR count). The molecule has 0 aliphatic rings. The van der Waals surface area contributed by atoms with E-state index < -0.39 is 28.0 Å². The van der Waals surface area contributed by atoms with Crippen LogP contribution in [0.2, 0.25) is 5.02 Å². The number of ether oxygens (including phenoxy) is 1. The quantitative estimate of drug-likeness (QED) is 0.473. The zero-order chi connectivity index (χ0) is 20.9. The van der Waals surface area contributed by atoms with E-state index >= 15 is 4.39 Å². The van der Waals surface area contributed by atoms with Crippen molar-refractivity contribution in [3.63, 3.8) is 0 Å². The predicted molar refractivity (Wildman–Crippen MR) is 116 cm³/mol. The summed E-state index contributed by atoms with van der Waals surface area (Å²) in [5.41, 5.74) is 0.418. The molecular weight excluding hydrogens is 397 g/mol. The van der Waals surface area contributed by atoms with Crippen molar-refractivity contribution < 1.29 is 13.7 Å². The molecule has 154 valence electrons. The Kier molecular flexibility index (Phi) is 8.19. The third-order valence-corrected chi connectivity index (χ3v) is 6.57. The van der Waals surface area contributed by atoms with Gasteiger partial charge >= 0.3 is 0 Å². The molecule has 2 aromatic carbocycles. The summed E-state index contributed by atoms with van der Waals surface area (Å²) in [6.45, 7) is 9.78. The van der Waals surface area contributed by atoms with Gasteiger partial charge in [-0.3, -0.25) is 0 Å². The second kappa shape index (κ2) is 9.97. The van der Waals surface area contributed by atoms with E-state index in [-0.39, 0.29) is 16.7 Å². The minimum atomic E-state index is -1.34. The summed E-state index contributed by atoms with van der Waals surface area (Å²) in [5, 5.41) is 0.199. The molecule has 0 saturated heterocycles. The fourth-order valence-corrected chi connectivity index (χ4v) is 4.04. The zero-order valence-electron chi connectivity index (χ0n) is 17.1. The van der Waals surface area contributed by atoms with Crippen LogP contribution in [0.1, 0.15) is 59.1 Å². The van der Waals surface area contributed by atoms with Crippen LogP contribution in [-0.2, 0) is 11.4 Å². The molecule has 0 heterocycles. The second-order valence-electron chi connectivity index (χ2n) is 7.75. The van der Waals surface area contributed by atoms with Gasteiger partial charge in [-0.2, -0.15) is 0 Å². The molecule has 3 nitrogen and oxygen atoms in total. The molecule has 2 aromatic rings. The minimum absolute atomic E-state index is 0.00957. The maximum atomic E-state index is 15.5. The van der Waals surface area contributed by atoms with Gasteiger partial charge in [0.05, 0.1) is 11.1 Å². The van der Waals surface area contributed by atoms with Gasteiger partial charge < -0.3 is 9.29 Å². The van der Waals surface area contributed by atoms with Gasteiger partial charge in [0.25, 0.3) is 0 Å². The lowest BCUT2D eigenvalue weighted by Crippen LogP contribution is -2.43. The Labute approximate surface area is 175 Å². The average molecular weight is 426 g/mol. The fraction of sp³-hybridized carbons (Fsp3) is 0.455. The van der Waals surface area contributed by atoms with Crippen LogP contribution in [0.4, 0.5) is 4.39 Å². The zero-order valence-corrected chi connectivity index (χ0v) is 18.7. The summed E-state index contributed by atoms with van der Waals surface area (Å²) in [6, 6.07) is 11.8. The Morgan fingerprint density at radius 3 is 2.25 bits per heavy atom. The van der Waals surface area contributed by atoms with Crippen LogP contribution in [0.15, 0.2) is 42.5 Å². The Morgan fingerprint density at radius 1 is 1.11 bits per heavy atom. The van der Waals surface area contributed by atoms with Crippen molar-refractivity contribution in [2.45, 2.75) is 58.2 Å². The van der Waals surface area contributed by atoms with Gasteiger partial charge in [-0.1, -0.05) is 62.6 Å². The Bertz CT molecular complexity index is 763. The number of halogens is 2. The Hall–Kier alpha value is -1.27. The first-order valence-electron chi connectivity index (χ1n) is 9.57. The van der Waals surface area contributed by atoms with E-state index in [2.05, 4.69) is 18.6 Å². The van der Waals surface area contributed by atoms with Crippen LogP contribution in [0.3, 0.4) is 0 Å². The molecule has 0 radical (unpaired) electrons. The maximum Gasteiger partial charge on any atom is 0.181 e. The molecule has 28 heavy (non-hydrogen) atoms. The molecule has 0 aromatic heterocycles.